The molecule has 3 aromatic rings. The lowest BCUT2D eigenvalue weighted by Crippen LogP contribution is -2.37. The van der Waals surface area contributed by atoms with E-state index in [9.17, 15) is 24.3 Å². The zero-order valence-electron chi connectivity index (χ0n) is 18.4. The van der Waals surface area contributed by atoms with Gasteiger partial charge in [0.1, 0.15) is 5.56 Å². The van der Waals surface area contributed by atoms with Gasteiger partial charge in [-0.2, -0.15) is 10.1 Å². The van der Waals surface area contributed by atoms with Crippen LogP contribution in [-0.4, -0.2) is 39.6 Å². The van der Waals surface area contributed by atoms with Gasteiger partial charge in [-0.1, -0.05) is 26.2 Å². The van der Waals surface area contributed by atoms with Gasteiger partial charge in [0.25, 0.3) is 11.1 Å². The molecule has 32 heavy (non-hydrogen) atoms. The zero-order chi connectivity index (χ0) is 23.6. The molecule has 0 aliphatic carbocycles. The number of anilines is 1. The third kappa shape index (κ3) is 4.00. The highest BCUT2D eigenvalue weighted by Crippen LogP contribution is 2.14. The van der Waals surface area contributed by atoms with Gasteiger partial charge in [0.2, 0.25) is 11.8 Å². The average Bonchev–Trinajstić information content (AvgIpc) is 3.08. The van der Waals surface area contributed by atoms with Crippen LogP contribution in [0.2, 0.25) is 0 Å². The lowest BCUT2D eigenvalue weighted by molar-refractivity contribution is 0.392. The van der Waals surface area contributed by atoms with Gasteiger partial charge >= 0.3 is 11.4 Å². The molecule has 3 aromatic heterocycles. The number of aryl methyl sites for hydroxylation is 2. The highest BCUT2D eigenvalue weighted by molar-refractivity contribution is 5.82. The monoisotopic (exact) mass is 446 g/mol. The number of hydrogen-bond acceptors (Lipinski definition) is 8. The van der Waals surface area contributed by atoms with Gasteiger partial charge in [-0.15, -0.1) is 0 Å². The molecule has 3 rings (SSSR count). The highest BCUT2D eigenvalue weighted by Gasteiger charge is 2.17. The summed E-state index contributed by atoms with van der Waals surface area (Å²) >= 11 is 0. The number of aromatic amines is 1. The first-order valence-corrected chi connectivity index (χ1v) is 10.2. The zero-order valence-corrected chi connectivity index (χ0v) is 18.4. The number of nitrogens with zero attached hydrogens (tertiary/aromatic N) is 6. The van der Waals surface area contributed by atoms with Crippen molar-refractivity contribution in [2.45, 2.75) is 39.2 Å². The Balaban J connectivity index is 1.93. The number of aromatic hydroxyl groups is 1. The minimum atomic E-state index is -0.788. The van der Waals surface area contributed by atoms with Crippen molar-refractivity contribution in [1.29, 1.82) is 0 Å². The Hall–Kier alpha value is -3.90. The molecule has 0 aromatic carbocycles. The Morgan fingerprint density at radius 3 is 2.47 bits per heavy atom. The molecule has 0 unspecified atom stereocenters. The van der Waals surface area contributed by atoms with E-state index >= 15 is 0 Å². The maximum absolute atomic E-state index is 12.4. The fraction of sp³-hybridized carbons (Fsp3) is 0.474. The second kappa shape index (κ2) is 9.08. The van der Waals surface area contributed by atoms with Gasteiger partial charge in [0, 0.05) is 27.7 Å². The molecule has 0 radical (unpaired) electrons. The molecule has 0 aliphatic rings. The van der Waals surface area contributed by atoms with E-state index in [0.29, 0.717) is 6.42 Å². The molecule has 3 N–H and O–H groups in total. The minimum absolute atomic E-state index is 0.137. The predicted octanol–water partition coefficient (Wildman–Crippen LogP) is -0.447. The smallest absolute Gasteiger partial charge is 0.332 e. The third-order valence-corrected chi connectivity index (χ3v) is 5.28. The van der Waals surface area contributed by atoms with Gasteiger partial charge < -0.3 is 9.67 Å². The van der Waals surface area contributed by atoms with E-state index in [4.69, 9.17) is 0 Å². The van der Waals surface area contributed by atoms with E-state index in [-0.39, 0.29) is 29.2 Å². The molecule has 0 bridgehead atoms. The van der Waals surface area contributed by atoms with Crippen molar-refractivity contribution >= 4 is 23.3 Å². The van der Waals surface area contributed by atoms with Crippen LogP contribution >= 0.6 is 0 Å². The molecule has 172 valence electrons. The Bertz CT molecular complexity index is 1420. The Morgan fingerprint density at radius 2 is 1.78 bits per heavy atom. The second-order valence-corrected chi connectivity index (χ2v) is 7.45. The number of nitrogens with one attached hydrogen (secondary N) is 2. The Kier molecular flexibility index (Phi) is 6.46. The number of unbranched alkanes of at least 4 members (excludes halogenated alkanes) is 3. The summed E-state index contributed by atoms with van der Waals surface area (Å²) in [4.78, 5) is 55.1. The lowest BCUT2D eigenvalue weighted by Gasteiger charge is -2.09. The van der Waals surface area contributed by atoms with E-state index in [1.165, 1.54) is 23.2 Å². The maximum Gasteiger partial charge on any atom is 0.332 e. The maximum atomic E-state index is 12.4. The van der Waals surface area contributed by atoms with Crippen LogP contribution in [0.25, 0.3) is 11.2 Å². The summed E-state index contributed by atoms with van der Waals surface area (Å²) in [6.45, 7) is 2.32. The van der Waals surface area contributed by atoms with Crippen LogP contribution in [0.15, 0.2) is 24.3 Å². The molecule has 0 fully saturated rings. The summed E-state index contributed by atoms with van der Waals surface area (Å²) in [6, 6.07) is 0. The largest absolute Gasteiger partial charge is 0.494 e. The number of hydrazone groups is 1. The third-order valence-electron chi connectivity index (χ3n) is 5.28. The van der Waals surface area contributed by atoms with Crippen molar-refractivity contribution in [3.63, 3.8) is 0 Å². The number of hydrogen-bond donors (Lipinski definition) is 3. The van der Waals surface area contributed by atoms with Gasteiger partial charge in [-0.25, -0.2) is 15.0 Å². The molecular weight excluding hydrogens is 420 g/mol. The van der Waals surface area contributed by atoms with Gasteiger partial charge in [-0.3, -0.25) is 28.3 Å². The molecule has 3 heterocycles. The summed E-state index contributed by atoms with van der Waals surface area (Å²) in [6.07, 6.45) is 4.66. The number of fused-ring (bicyclic) bond motifs is 1. The van der Waals surface area contributed by atoms with Crippen molar-refractivity contribution in [2.24, 2.45) is 26.2 Å². The summed E-state index contributed by atoms with van der Waals surface area (Å²) < 4.78 is 4.72. The highest BCUT2D eigenvalue weighted by atomic mass is 16.3. The van der Waals surface area contributed by atoms with Crippen LogP contribution in [0.1, 0.15) is 38.2 Å². The van der Waals surface area contributed by atoms with Crippen molar-refractivity contribution in [1.82, 2.24) is 28.2 Å². The molecule has 0 saturated carbocycles. The van der Waals surface area contributed by atoms with Gasteiger partial charge in [0.15, 0.2) is 11.2 Å². The molecule has 0 saturated heterocycles. The molecule has 0 spiro atoms. The first kappa shape index (κ1) is 22.8. The standard InChI is InChI=1S/C19H26N8O5/c1-5-6-7-8-9-27-15(29)11(14(28)22-18(27)31)10-20-23-17-21-13-12(24(17)2)16(30)26(4)19(32)25(13)3/h10,29H,5-9H2,1-4H3,(H,21,23)(H,22,28,31)/b20-10+. The molecule has 13 heteroatoms. The van der Waals surface area contributed by atoms with Crippen LogP contribution in [-0.2, 0) is 27.7 Å². The SMILES string of the molecule is CCCCCCn1c(O)c(/C=N/Nc2nc3c(c(=O)n(C)c(=O)n3C)n2C)c(=O)[nH]c1=O. The van der Waals surface area contributed by atoms with Crippen LogP contribution in [0, 0.1) is 0 Å². The Morgan fingerprint density at radius 1 is 1.06 bits per heavy atom. The number of rotatable bonds is 8. The normalized spacial score (nSPS) is 11.6. The van der Waals surface area contributed by atoms with Gasteiger partial charge in [0.05, 0.1) is 6.21 Å². The molecule has 13 nitrogen and oxygen atoms in total. The minimum Gasteiger partial charge on any atom is -0.494 e. The van der Waals surface area contributed by atoms with Crippen LogP contribution in [0.3, 0.4) is 0 Å². The van der Waals surface area contributed by atoms with E-state index in [1.807, 2.05) is 0 Å². The first-order chi connectivity index (χ1) is 15.2. The van der Waals surface area contributed by atoms with Crippen molar-refractivity contribution in [2.75, 3.05) is 5.43 Å². The molecular formula is C19H26N8O5. The van der Waals surface area contributed by atoms with E-state index < -0.39 is 28.4 Å². The fourth-order valence-electron chi connectivity index (χ4n) is 3.37. The average molecular weight is 446 g/mol. The van der Waals surface area contributed by atoms with Crippen LogP contribution in [0.5, 0.6) is 5.88 Å². The molecule has 0 aliphatic heterocycles. The lowest BCUT2D eigenvalue weighted by atomic mass is 10.2. The number of imidazole rings is 1. The van der Waals surface area contributed by atoms with Crippen LogP contribution in [0.4, 0.5) is 5.95 Å². The van der Waals surface area contributed by atoms with E-state index in [1.54, 1.807) is 7.05 Å². The van der Waals surface area contributed by atoms with E-state index in [2.05, 4.69) is 27.4 Å². The number of aromatic nitrogens is 6. The molecule has 0 atom stereocenters. The topological polar surface area (TPSA) is 161 Å². The van der Waals surface area contributed by atoms with E-state index in [0.717, 1.165) is 34.6 Å². The quantitative estimate of drug-likeness (QED) is 0.240. The predicted molar refractivity (Wildman–Crippen MR) is 120 cm³/mol. The summed E-state index contributed by atoms with van der Waals surface area (Å²) in [5, 5.41) is 14.4. The fourth-order valence-corrected chi connectivity index (χ4v) is 3.37. The van der Waals surface area contributed by atoms with Crippen molar-refractivity contribution < 1.29 is 5.11 Å². The van der Waals surface area contributed by atoms with Crippen molar-refractivity contribution in [3.8, 4) is 5.88 Å². The first-order valence-electron chi connectivity index (χ1n) is 10.2. The summed E-state index contributed by atoms with van der Waals surface area (Å²) in [5.74, 6) is -0.347. The summed E-state index contributed by atoms with van der Waals surface area (Å²) in [5.41, 5.74) is 0.239. The second-order valence-electron chi connectivity index (χ2n) is 7.45. The Labute approximate surface area is 181 Å². The summed E-state index contributed by atoms with van der Waals surface area (Å²) in [7, 11) is 4.43. The van der Waals surface area contributed by atoms with Crippen molar-refractivity contribution in [3.05, 3.63) is 47.2 Å². The molecule has 0 amide bonds. The van der Waals surface area contributed by atoms with Crippen LogP contribution < -0.4 is 27.9 Å². The number of H-pyrrole nitrogens is 1. The van der Waals surface area contributed by atoms with Gasteiger partial charge in [-0.05, 0) is 6.42 Å².